The lowest BCUT2D eigenvalue weighted by Gasteiger charge is -2.58. The van der Waals surface area contributed by atoms with Crippen molar-refractivity contribution in [2.75, 3.05) is 39.9 Å². The molecule has 0 bridgehead atoms. The predicted molar refractivity (Wildman–Crippen MR) is 74.2 cm³/mol. The van der Waals surface area contributed by atoms with E-state index in [1.807, 2.05) is 6.92 Å². The Morgan fingerprint density at radius 2 is 2.10 bits per heavy atom. The van der Waals surface area contributed by atoms with Crippen LogP contribution in [-0.2, 0) is 9.53 Å². The molecule has 1 unspecified atom stereocenters. The van der Waals surface area contributed by atoms with Gasteiger partial charge in [0.05, 0.1) is 5.54 Å². The molecule has 0 aromatic rings. The SMILES string of the molecule is CCOCC1CCN(C)C2(C1)CN(C(=O)C1(F)CC1)C2. The molecule has 2 heterocycles. The molecule has 1 atom stereocenters. The van der Waals surface area contributed by atoms with Crippen LogP contribution >= 0.6 is 0 Å². The molecule has 1 saturated carbocycles. The van der Waals surface area contributed by atoms with E-state index in [1.165, 1.54) is 0 Å². The van der Waals surface area contributed by atoms with Gasteiger partial charge in [-0.15, -0.1) is 0 Å². The van der Waals surface area contributed by atoms with Crippen molar-refractivity contribution in [2.24, 2.45) is 5.92 Å². The van der Waals surface area contributed by atoms with E-state index in [9.17, 15) is 9.18 Å². The predicted octanol–water partition coefficient (Wildman–Crippen LogP) is 1.45. The Morgan fingerprint density at radius 3 is 2.70 bits per heavy atom. The maximum Gasteiger partial charge on any atom is 0.260 e. The first kappa shape index (κ1) is 14.3. The summed E-state index contributed by atoms with van der Waals surface area (Å²) in [5, 5.41) is 0. The van der Waals surface area contributed by atoms with Crippen LogP contribution in [0.1, 0.15) is 32.6 Å². The minimum Gasteiger partial charge on any atom is -0.381 e. The Kier molecular flexibility index (Phi) is 3.53. The number of carbonyl (C=O) groups excluding carboxylic acids is 1. The summed E-state index contributed by atoms with van der Waals surface area (Å²) in [5.74, 6) is 0.298. The lowest BCUT2D eigenvalue weighted by molar-refractivity contribution is -0.157. The van der Waals surface area contributed by atoms with Crippen molar-refractivity contribution in [3.05, 3.63) is 0 Å². The zero-order valence-electron chi connectivity index (χ0n) is 12.5. The number of hydrogen-bond acceptors (Lipinski definition) is 3. The second kappa shape index (κ2) is 4.95. The van der Waals surface area contributed by atoms with Crippen LogP contribution in [0.25, 0.3) is 0 Å². The highest BCUT2D eigenvalue weighted by Gasteiger charge is 2.58. The first-order valence-corrected chi connectivity index (χ1v) is 7.76. The van der Waals surface area contributed by atoms with Crippen molar-refractivity contribution < 1.29 is 13.9 Å². The van der Waals surface area contributed by atoms with Crippen LogP contribution in [0, 0.1) is 5.92 Å². The third-order valence-corrected chi connectivity index (χ3v) is 5.24. The number of halogens is 1. The summed E-state index contributed by atoms with van der Waals surface area (Å²) in [5.41, 5.74) is -1.44. The van der Waals surface area contributed by atoms with E-state index in [1.54, 1.807) is 4.90 Å². The average Bonchev–Trinajstić information content (AvgIpc) is 3.14. The summed E-state index contributed by atoms with van der Waals surface area (Å²) in [6, 6.07) is 0. The zero-order chi connectivity index (χ0) is 14.4. The van der Waals surface area contributed by atoms with Crippen LogP contribution in [0.4, 0.5) is 4.39 Å². The molecule has 3 rings (SSSR count). The number of alkyl halides is 1. The van der Waals surface area contributed by atoms with Crippen LogP contribution in [0.3, 0.4) is 0 Å². The highest BCUT2D eigenvalue weighted by molar-refractivity contribution is 5.88. The first-order valence-electron chi connectivity index (χ1n) is 7.76. The fourth-order valence-corrected chi connectivity index (χ4v) is 3.62. The molecule has 2 aliphatic heterocycles. The molecule has 0 aromatic carbocycles. The minimum absolute atomic E-state index is 0.0704. The number of amides is 1. The second-order valence-corrected chi connectivity index (χ2v) is 6.79. The van der Waals surface area contributed by atoms with Gasteiger partial charge in [-0.05, 0) is 52.1 Å². The number of rotatable bonds is 4. The third-order valence-electron chi connectivity index (χ3n) is 5.24. The maximum absolute atomic E-state index is 13.8. The van der Waals surface area contributed by atoms with E-state index in [4.69, 9.17) is 4.74 Å². The Balaban J connectivity index is 1.57. The van der Waals surface area contributed by atoms with Gasteiger partial charge in [0.15, 0.2) is 5.67 Å². The molecule has 0 radical (unpaired) electrons. The number of ether oxygens (including phenoxy) is 1. The minimum atomic E-state index is -1.51. The molecule has 3 aliphatic rings. The number of carbonyl (C=O) groups is 1. The number of hydrogen-bond donors (Lipinski definition) is 0. The molecule has 2 saturated heterocycles. The lowest BCUT2D eigenvalue weighted by Crippen LogP contribution is -2.73. The third kappa shape index (κ3) is 2.35. The highest BCUT2D eigenvalue weighted by atomic mass is 19.1. The van der Waals surface area contributed by atoms with Gasteiger partial charge in [-0.1, -0.05) is 0 Å². The fourth-order valence-electron chi connectivity index (χ4n) is 3.62. The molecule has 3 fully saturated rings. The van der Waals surface area contributed by atoms with Gasteiger partial charge in [-0.2, -0.15) is 0 Å². The summed E-state index contributed by atoms with van der Waals surface area (Å²) in [7, 11) is 2.13. The molecular weight excluding hydrogens is 259 g/mol. The Morgan fingerprint density at radius 1 is 1.40 bits per heavy atom. The molecule has 114 valence electrons. The Bertz CT molecular complexity index is 389. The highest BCUT2D eigenvalue weighted by Crippen LogP contribution is 2.45. The molecule has 0 N–H and O–H groups in total. The van der Waals surface area contributed by atoms with Gasteiger partial charge in [0.1, 0.15) is 0 Å². The normalized spacial score (nSPS) is 31.1. The van der Waals surface area contributed by atoms with Gasteiger partial charge in [0, 0.05) is 26.3 Å². The van der Waals surface area contributed by atoms with Gasteiger partial charge >= 0.3 is 0 Å². The molecule has 1 aliphatic carbocycles. The summed E-state index contributed by atoms with van der Waals surface area (Å²) < 4.78 is 19.4. The van der Waals surface area contributed by atoms with Crippen LogP contribution in [0.5, 0.6) is 0 Å². The topological polar surface area (TPSA) is 32.8 Å². The van der Waals surface area contributed by atoms with E-state index >= 15 is 0 Å². The van der Waals surface area contributed by atoms with E-state index < -0.39 is 5.67 Å². The van der Waals surface area contributed by atoms with Crippen molar-refractivity contribution in [1.29, 1.82) is 0 Å². The standard InChI is InChI=1S/C15H25FN2O2/c1-3-20-9-12-4-7-17(2)14(8-12)10-18(11-14)13(19)15(16)5-6-15/h12H,3-11H2,1-2H3. The van der Waals surface area contributed by atoms with Crippen LogP contribution < -0.4 is 0 Å². The van der Waals surface area contributed by atoms with Crippen molar-refractivity contribution >= 4 is 5.91 Å². The number of likely N-dealkylation sites (tertiary alicyclic amines) is 2. The first-order chi connectivity index (χ1) is 9.49. The van der Waals surface area contributed by atoms with Gasteiger partial charge in [0.2, 0.25) is 0 Å². The molecule has 4 nitrogen and oxygen atoms in total. The van der Waals surface area contributed by atoms with Gasteiger partial charge in [0.25, 0.3) is 5.91 Å². The Labute approximate surface area is 120 Å². The number of piperidine rings is 1. The van der Waals surface area contributed by atoms with Crippen molar-refractivity contribution in [3.8, 4) is 0 Å². The lowest BCUT2D eigenvalue weighted by atomic mass is 9.75. The van der Waals surface area contributed by atoms with Crippen molar-refractivity contribution in [3.63, 3.8) is 0 Å². The summed E-state index contributed by atoms with van der Waals surface area (Å²) in [6.45, 7) is 6.01. The van der Waals surface area contributed by atoms with Crippen LogP contribution in [0.15, 0.2) is 0 Å². The van der Waals surface area contributed by atoms with Crippen molar-refractivity contribution in [2.45, 2.75) is 43.8 Å². The monoisotopic (exact) mass is 284 g/mol. The van der Waals surface area contributed by atoms with Crippen LogP contribution in [0.2, 0.25) is 0 Å². The number of likely N-dealkylation sites (N-methyl/N-ethyl adjacent to an activating group) is 1. The van der Waals surface area contributed by atoms with Crippen LogP contribution in [-0.4, -0.2) is 66.8 Å². The summed E-state index contributed by atoms with van der Waals surface area (Å²) in [6.07, 6.45) is 3.04. The molecular formula is C15H25FN2O2. The quantitative estimate of drug-likeness (QED) is 0.783. The van der Waals surface area contributed by atoms with E-state index in [2.05, 4.69) is 11.9 Å². The zero-order valence-corrected chi connectivity index (χ0v) is 12.5. The molecule has 1 amide bonds. The average molecular weight is 284 g/mol. The van der Waals surface area contributed by atoms with Gasteiger partial charge < -0.3 is 9.64 Å². The molecule has 1 spiro atoms. The molecule has 5 heteroatoms. The van der Waals surface area contributed by atoms with Gasteiger partial charge in [-0.3, -0.25) is 9.69 Å². The molecule has 0 aromatic heterocycles. The largest absolute Gasteiger partial charge is 0.381 e. The smallest absolute Gasteiger partial charge is 0.260 e. The maximum atomic E-state index is 13.8. The molecule has 20 heavy (non-hydrogen) atoms. The Hall–Kier alpha value is -0.680. The van der Waals surface area contributed by atoms with Crippen molar-refractivity contribution in [1.82, 2.24) is 9.80 Å². The number of nitrogens with zero attached hydrogens (tertiary/aromatic N) is 2. The van der Waals surface area contributed by atoms with E-state index in [-0.39, 0.29) is 11.4 Å². The second-order valence-electron chi connectivity index (χ2n) is 6.79. The van der Waals surface area contributed by atoms with E-state index in [0.717, 1.165) is 32.6 Å². The summed E-state index contributed by atoms with van der Waals surface area (Å²) in [4.78, 5) is 16.1. The van der Waals surface area contributed by atoms with Gasteiger partial charge in [-0.25, -0.2) is 4.39 Å². The summed E-state index contributed by atoms with van der Waals surface area (Å²) >= 11 is 0. The fraction of sp³-hybridized carbons (Fsp3) is 0.933. The van der Waals surface area contributed by atoms with E-state index in [0.29, 0.717) is 31.8 Å².